The van der Waals surface area contributed by atoms with Crippen molar-refractivity contribution in [2.24, 2.45) is 0 Å². The van der Waals surface area contributed by atoms with Crippen LogP contribution >= 0.6 is 0 Å². The van der Waals surface area contributed by atoms with Gasteiger partial charge in [-0.2, -0.15) is 5.10 Å². The van der Waals surface area contributed by atoms with E-state index in [-0.39, 0.29) is 0 Å². The predicted molar refractivity (Wildman–Crippen MR) is 53.7 cm³/mol. The maximum absolute atomic E-state index is 4.02. The Balaban J connectivity index is 2.37. The molecule has 2 aromatic rings. The van der Waals surface area contributed by atoms with Gasteiger partial charge in [-0.05, 0) is 31.6 Å². The second-order valence-electron chi connectivity index (χ2n) is 3.10. The molecule has 0 radical (unpaired) electrons. The van der Waals surface area contributed by atoms with Crippen LogP contribution < -0.4 is 5.32 Å². The third kappa shape index (κ3) is 1.55. The van der Waals surface area contributed by atoms with Crippen molar-refractivity contribution in [3.8, 4) is 0 Å². The maximum atomic E-state index is 4.02. The van der Waals surface area contributed by atoms with Crippen LogP contribution in [0.25, 0.3) is 10.9 Å². The average Bonchev–Trinajstić information content (AvgIpc) is 2.62. The minimum Gasteiger partial charge on any atom is -0.319 e. The highest BCUT2D eigenvalue weighted by Crippen LogP contribution is 2.15. The summed E-state index contributed by atoms with van der Waals surface area (Å²) in [5.74, 6) is 0. The molecule has 1 heterocycles. The summed E-state index contributed by atoms with van der Waals surface area (Å²) in [5, 5.41) is 11.4. The molecule has 0 bridgehead atoms. The molecule has 1 aromatic heterocycles. The van der Waals surface area contributed by atoms with Crippen molar-refractivity contribution in [3.63, 3.8) is 0 Å². The quantitative estimate of drug-likeness (QED) is 0.738. The minimum absolute atomic E-state index is 1.00. The van der Waals surface area contributed by atoms with E-state index >= 15 is 0 Å². The van der Waals surface area contributed by atoms with E-state index in [1.54, 1.807) is 0 Å². The van der Waals surface area contributed by atoms with Crippen LogP contribution in [0.1, 0.15) is 5.56 Å². The standard InChI is InChI=1S/C10H13N3/c1-11-6-5-8-3-2-4-10-9(8)7-12-13-10/h2-4,7,11H,5-6H2,1H3,(H,12,13). The summed E-state index contributed by atoms with van der Waals surface area (Å²) < 4.78 is 0. The molecule has 0 atom stereocenters. The predicted octanol–water partition coefficient (Wildman–Crippen LogP) is 1.32. The minimum atomic E-state index is 1.00. The van der Waals surface area contributed by atoms with E-state index in [2.05, 4.69) is 27.6 Å². The second-order valence-corrected chi connectivity index (χ2v) is 3.10. The zero-order valence-corrected chi connectivity index (χ0v) is 7.67. The van der Waals surface area contributed by atoms with E-state index in [1.807, 2.05) is 19.3 Å². The Kier molecular flexibility index (Phi) is 2.27. The number of rotatable bonds is 3. The summed E-state index contributed by atoms with van der Waals surface area (Å²) in [6.07, 6.45) is 2.94. The third-order valence-electron chi connectivity index (χ3n) is 2.22. The van der Waals surface area contributed by atoms with Crippen molar-refractivity contribution in [1.82, 2.24) is 15.5 Å². The molecule has 3 heteroatoms. The molecule has 0 unspecified atom stereocenters. The fraction of sp³-hybridized carbons (Fsp3) is 0.300. The van der Waals surface area contributed by atoms with E-state index in [1.165, 1.54) is 10.9 Å². The van der Waals surface area contributed by atoms with Crippen LogP contribution in [0.15, 0.2) is 24.4 Å². The molecule has 13 heavy (non-hydrogen) atoms. The van der Waals surface area contributed by atoms with E-state index in [9.17, 15) is 0 Å². The monoisotopic (exact) mass is 175 g/mol. The summed E-state index contributed by atoms with van der Waals surface area (Å²) in [6.45, 7) is 1.00. The van der Waals surface area contributed by atoms with Gasteiger partial charge in [0.05, 0.1) is 11.7 Å². The van der Waals surface area contributed by atoms with Gasteiger partial charge in [0.2, 0.25) is 0 Å². The van der Waals surface area contributed by atoms with Gasteiger partial charge in [0.15, 0.2) is 0 Å². The van der Waals surface area contributed by atoms with E-state index < -0.39 is 0 Å². The van der Waals surface area contributed by atoms with Gasteiger partial charge in [0, 0.05) is 5.39 Å². The Hall–Kier alpha value is -1.35. The lowest BCUT2D eigenvalue weighted by Gasteiger charge is -2.01. The Bertz CT molecular complexity index is 392. The first-order chi connectivity index (χ1) is 6.42. The van der Waals surface area contributed by atoms with Gasteiger partial charge >= 0.3 is 0 Å². The zero-order valence-electron chi connectivity index (χ0n) is 7.67. The summed E-state index contributed by atoms with van der Waals surface area (Å²) in [4.78, 5) is 0. The van der Waals surface area contributed by atoms with Crippen LogP contribution in [0.3, 0.4) is 0 Å². The molecule has 2 N–H and O–H groups in total. The lowest BCUT2D eigenvalue weighted by atomic mass is 10.1. The first-order valence-electron chi connectivity index (χ1n) is 4.47. The molecule has 0 saturated heterocycles. The number of benzene rings is 1. The molecular formula is C10H13N3. The molecule has 0 aliphatic carbocycles. The van der Waals surface area contributed by atoms with Crippen LogP contribution in [0.5, 0.6) is 0 Å². The SMILES string of the molecule is CNCCc1cccc2[nH]ncc12. The Morgan fingerprint density at radius 1 is 1.46 bits per heavy atom. The molecule has 1 aromatic carbocycles. The third-order valence-corrected chi connectivity index (χ3v) is 2.22. The molecule has 0 saturated carbocycles. The molecular weight excluding hydrogens is 162 g/mol. The maximum Gasteiger partial charge on any atom is 0.0653 e. The molecule has 3 nitrogen and oxygen atoms in total. The number of nitrogens with zero attached hydrogens (tertiary/aromatic N) is 1. The fourth-order valence-electron chi connectivity index (χ4n) is 1.51. The van der Waals surface area contributed by atoms with Gasteiger partial charge in [-0.15, -0.1) is 0 Å². The number of likely N-dealkylation sites (N-methyl/N-ethyl adjacent to an activating group) is 1. The number of fused-ring (bicyclic) bond motifs is 1. The van der Waals surface area contributed by atoms with Crippen molar-refractivity contribution in [3.05, 3.63) is 30.0 Å². The Morgan fingerprint density at radius 3 is 3.23 bits per heavy atom. The first kappa shape index (κ1) is 8.26. The van der Waals surface area contributed by atoms with E-state index in [4.69, 9.17) is 0 Å². The highest BCUT2D eigenvalue weighted by molar-refractivity contribution is 5.81. The van der Waals surface area contributed by atoms with Crippen molar-refractivity contribution in [2.45, 2.75) is 6.42 Å². The highest BCUT2D eigenvalue weighted by atomic mass is 15.1. The van der Waals surface area contributed by atoms with Crippen molar-refractivity contribution < 1.29 is 0 Å². The van der Waals surface area contributed by atoms with Gasteiger partial charge in [0.1, 0.15) is 0 Å². The van der Waals surface area contributed by atoms with Crippen LogP contribution in [0, 0.1) is 0 Å². The number of hydrogen-bond donors (Lipinski definition) is 2. The smallest absolute Gasteiger partial charge is 0.0653 e. The molecule has 0 amide bonds. The molecule has 0 aliphatic rings. The normalized spacial score (nSPS) is 10.8. The van der Waals surface area contributed by atoms with Crippen LogP contribution in [0.2, 0.25) is 0 Å². The lowest BCUT2D eigenvalue weighted by Crippen LogP contribution is -2.10. The molecule has 68 valence electrons. The summed E-state index contributed by atoms with van der Waals surface area (Å²) in [7, 11) is 1.97. The Labute approximate surface area is 77.2 Å². The topological polar surface area (TPSA) is 40.7 Å². The molecule has 0 aliphatic heterocycles. The summed E-state index contributed by atoms with van der Waals surface area (Å²) in [5.41, 5.74) is 2.47. The van der Waals surface area contributed by atoms with Crippen LogP contribution in [-0.2, 0) is 6.42 Å². The van der Waals surface area contributed by atoms with E-state index in [0.29, 0.717) is 0 Å². The number of nitrogens with one attached hydrogen (secondary N) is 2. The van der Waals surface area contributed by atoms with Gasteiger partial charge in [-0.3, -0.25) is 5.10 Å². The molecule has 0 spiro atoms. The zero-order chi connectivity index (χ0) is 9.10. The van der Waals surface area contributed by atoms with Crippen molar-refractivity contribution in [2.75, 3.05) is 13.6 Å². The van der Waals surface area contributed by atoms with Gasteiger partial charge in [-0.25, -0.2) is 0 Å². The fourth-order valence-corrected chi connectivity index (χ4v) is 1.51. The number of hydrogen-bond acceptors (Lipinski definition) is 2. The number of aromatic amines is 1. The first-order valence-corrected chi connectivity index (χ1v) is 4.47. The molecule has 2 rings (SSSR count). The number of H-pyrrole nitrogens is 1. The van der Waals surface area contributed by atoms with Gasteiger partial charge in [-0.1, -0.05) is 12.1 Å². The largest absolute Gasteiger partial charge is 0.319 e. The Morgan fingerprint density at radius 2 is 2.38 bits per heavy atom. The summed E-state index contributed by atoms with van der Waals surface area (Å²) in [6, 6.07) is 6.26. The van der Waals surface area contributed by atoms with Crippen LogP contribution in [-0.4, -0.2) is 23.8 Å². The molecule has 0 fully saturated rings. The summed E-state index contributed by atoms with van der Waals surface area (Å²) >= 11 is 0. The lowest BCUT2D eigenvalue weighted by molar-refractivity contribution is 0.795. The van der Waals surface area contributed by atoms with Gasteiger partial charge in [0.25, 0.3) is 0 Å². The van der Waals surface area contributed by atoms with E-state index in [0.717, 1.165) is 18.5 Å². The second kappa shape index (κ2) is 3.58. The van der Waals surface area contributed by atoms with Crippen molar-refractivity contribution in [1.29, 1.82) is 0 Å². The number of aromatic nitrogens is 2. The van der Waals surface area contributed by atoms with Crippen LogP contribution in [0.4, 0.5) is 0 Å². The van der Waals surface area contributed by atoms with Crippen molar-refractivity contribution >= 4 is 10.9 Å². The average molecular weight is 175 g/mol. The van der Waals surface area contributed by atoms with Gasteiger partial charge < -0.3 is 5.32 Å². The highest BCUT2D eigenvalue weighted by Gasteiger charge is 2.00.